The second kappa shape index (κ2) is 2.54. The number of nitrogens with zero attached hydrogens (tertiary/aromatic N) is 1. The van der Waals surface area contributed by atoms with E-state index >= 15 is 0 Å². The molecule has 0 aromatic rings. The zero-order valence-corrected chi connectivity index (χ0v) is 5.13. The summed E-state index contributed by atoms with van der Waals surface area (Å²) in [6, 6.07) is 0. The van der Waals surface area contributed by atoms with Gasteiger partial charge in [-0.1, -0.05) is 0 Å². The fraction of sp³-hybridized carbons (Fsp3) is 0.429. The number of rotatable bonds is 0. The number of terminal acetylenes is 1. The Morgan fingerprint density at radius 1 is 1.78 bits per heavy atom. The van der Waals surface area contributed by atoms with Gasteiger partial charge >= 0.3 is 0 Å². The lowest BCUT2D eigenvalue weighted by Crippen LogP contribution is -2.22. The monoisotopic (exact) mass is 122 g/mol. The normalized spacial score (nSPS) is 17.4. The van der Waals surface area contributed by atoms with E-state index in [9.17, 15) is 4.79 Å². The summed E-state index contributed by atoms with van der Waals surface area (Å²) in [5, 5.41) is 0. The number of hydrogen-bond acceptors (Lipinski definition) is 1. The molecule has 0 aromatic heterocycles. The molecule has 1 aliphatic heterocycles. The summed E-state index contributed by atoms with van der Waals surface area (Å²) in [6.45, 7) is 2.64. The van der Waals surface area contributed by atoms with E-state index in [0.29, 0.717) is 0 Å². The van der Waals surface area contributed by atoms with Crippen LogP contribution in [-0.2, 0) is 4.79 Å². The highest BCUT2D eigenvalue weighted by Gasteiger charge is 2.15. The van der Waals surface area contributed by atoms with Crippen molar-refractivity contribution in [2.75, 3.05) is 6.54 Å². The zero-order valence-electron chi connectivity index (χ0n) is 5.13. The third-order valence-electron chi connectivity index (χ3n) is 1.34. The van der Waals surface area contributed by atoms with E-state index in [1.54, 1.807) is 4.90 Å². The van der Waals surface area contributed by atoms with Gasteiger partial charge in [0.15, 0.2) is 0 Å². The fourth-order valence-corrected chi connectivity index (χ4v) is 0.867. The minimum absolute atomic E-state index is 0.215. The third-order valence-corrected chi connectivity index (χ3v) is 1.34. The summed E-state index contributed by atoms with van der Waals surface area (Å²) < 4.78 is 0. The molecule has 47 valence electrons. The highest BCUT2D eigenvalue weighted by molar-refractivity contribution is 5.93. The second-order valence-corrected chi connectivity index (χ2v) is 1.97. The molecule has 0 unspecified atom stereocenters. The number of carbonyl (C=O) groups is 1. The van der Waals surface area contributed by atoms with Crippen molar-refractivity contribution in [2.24, 2.45) is 0 Å². The molecule has 1 radical (unpaired) electrons. The molecule has 0 spiro atoms. The molecule has 1 aliphatic rings. The first-order valence-electron chi connectivity index (χ1n) is 2.95. The van der Waals surface area contributed by atoms with Crippen molar-refractivity contribution >= 4 is 5.91 Å². The van der Waals surface area contributed by atoms with Gasteiger partial charge in [-0.3, -0.25) is 4.79 Å². The van der Waals surface area contributed by atoms with Crippen LogP contribution in [0.5, 0.6) is 0 Å². The first kappa shape index (κ1) is 6.15. The van der Waals surface area contributed by atoms with Gasteiger partial charge in [-0.25, -0.2) is 0 Å². The van der Waals surface area contributed by atoms with Crippen LogP contribution < -0.4 is 0 Å². The molecule has 1 saturated heterocycles. The Hall–Kier alpha value is -0.970. The molecule has 0 bridgehead atoms. The van der Waals surface area contributed by atoms with E-state index in [1.165, 1.54) is 0 Å². The van der Waals surface area contributed by atoms with Gasteiger partial charge in [-0.15, -0.1) is 6.42 Å². The van der Waals surface area contributed by atoms with Gasteiger partial charge in [0.2, 0.25) is 0 Å². The largest absolute Gasteiger partial charge is 0.327 e. The minimum Gasteiger partial charge on any atom is -0.327 e. The second-order valence-electron chi connectivity index (χ2n) is 1.97. The van der Waals surface area contributed by atoms with Crippen LogP contribution in [-0.4, -0.2) is 17.4 Å². The van der Waals surface area contributed by atoms with Crippen LogP contribution in [0.3, 0.4) is 0 Å². The molecule has 0 saturated carbocycles. The first-order chi connectivity index (χ1) is 4.34. The molecular formula is C7H8NO. The van der Waals surface area contributed by atoms with Gasteiger partial charge < -0.3 is 4.90 Å². The van der Waals surface area contributed by atoms with Crippen molar-refractivity contribution in [1.82, 2.24) is 4.90 Å². The van der Waals surface area contributed by atoms with Crippen LogP contribution in [0.25, 0.3) is 0 Å². The summed E-state index contributed by atoms with van der Waals surface area (Å²) in [4.78, 5) is 12.3. The molecule has 1 rings (SSSR count). The van der Waals surface area contributed by atoms with Crippen LogP contribution in [0.2, 0.25) is 0 Å². The Balaban J connectivity index is 2.44. The van der Waals surface area contributed by atoms with Gasteiger partial charge in [0.05, 0.1) is 6.54 Å². The smallest absolute Gasteiger partial charge is 0.298 e. The third kappa shape index (κ3) is 1.23. The van der Waals surface area contributed by atoms with E-state index in [-0.39, 0.29) is 5.91 Å². The average molecular weight is 122 g/mol. The van der Waals surface area contributed by atoms with Gasteiger partial charge in [0.25, 0.3) is 5.91 Å². The van der Waals surface area contributed by atoms with Crippen molar-refractivity contribution in [2.45, 2.75) is 12.8 Å². The predicted molar refractivity (Wildman–Crippen MR) is 34.1 cm³/mol. The molecule has 2 heteroatoms. The molecule has 1 amide bonds. The number of amides is 1. The summed E-state index contributed by atoms with van der Waals surface area (Å²) in [6.07, 6.45) is 6.92. The first-order valence-corrected chi connectivity index (χ1v) is 2.95. The predicted octanol–water partition coefficient (Wildman–Crippen LogP) is 0.404. The minimum atomic E-state index is -0.215. The van der Waals surface area contributed by atoms with Crippen LogP contribution in [0, 0.1) is 18.9 Å². The summed E-state index contributed by atoms with van der Waals surface area (Å²) in [5.41, 5.74) is 0. The van der Waals surface area contributed by atoms with Crippen molar-refractivity contribution in [1.29, 1.82) is 0 Å². The van der Waals surface area contributed by atoms with Crippen LogP contribution in [0.4, 0.5) is 0 Å². The summed E-state index contributed by atoms with van der Waals surface area (Å²) in [5.74, 6) is 1.85. The molecule has 2 nitrogen and oxygen atoms in total. The van der Waals surface area contributed by atoms with Crippen LogP contribution in [0.1, 0.15) is 12.8 Å². The maximum absolute atomic E-state index is 10.7. The van der Waals surface area contributed by atoms with Gasteiger partial charge in [-0.2, -0.15) is 0 Å². The zero-order chi connectivity index (χ0) is 6.69. The van der Waals surface area contributed by atoms with E-state index in [2.05, 4.69) is 5.92 Å². The van der Waals surface area contributed by atoms with Crippen LogP contribution >= 0.6 is 0 Å². The van der Waals surface area contributed by atoms with Crippen LogP contribution in [0.15, 0.2) is 0 Å². The molecule has 9 heavy (non-hydrogen) atoms. The van der Waals surface area contributed by atoms with Crippen molar-refractivity contribution in [3.63, 3.8) is 0 Å². The molecule has 1 heterocycles. The molecule has 0 atom stereocenters. The highest BCUT2D eigenvalue weighted by Crippen LogP contribution is 2.10. The lowest BCUT2D eigenvalue weighted by molar-refractivity contribution is -0.122. The van der Waals surface area contributed by atoms with Crippen molar-refractivity contribution < 1.29 is 4.79 Å². The van der Waals surface area contributed by atoms with Gasteiger partial charge in [0, 0.05) is 6.54 Å². The Kier molecular flexibility index (Phi) is 1.74. The van der Waals surface area contributed by atoms with E-state index in [0.717, 1.165) is 19.4 Å². The quantitative estimate of drug-likeness (QED) is 0.426. The number of likely N-dealkylation sites (tertiary alicyclic amines) is 1. The SMILES string of the molecule is C#CC(=O)N1[CH]CCC1. The summed E-state index contributed by atoms with van der Waals surface area (Å²) in [7, 11) is 0. The standard InChI is InChI=1S/C7H8NO/c1-2-7(9)8-5-3-4-6-8/h1,5H,3-4,6H2. The molecular weight excluding hydrogens is 114 g/mol. The van der Waals surface area contributed by atoms with Gasteiger partial charge in [0.1, 0.15) is 0 Å². The molecule has 1 fully saturated rings. The maximum atomic E-state index is 10.7. The molecule has 0 N–H and O–H groups in total. The Bertz CT molecular complexity index is 151. The lowest BCUT2D eigenvalue weighted by atomic mass is 10.4. The lowest BCUT2D eigenvalue weighted by Gasteiger charge is -2.08. The van der Waals surface area contributed by atoms with E-state index in [4.69, 9.17) is 6.42 Å². The molecule has 0 aromatic carbocycles. The number of carbonyl (C=O) groups excluding carboxylic acids is 1. The summed E-state index contributed by atoms with van der Waals surface area (Å²) >= 11 is 0. The Morgan fingerprint density at radius 3 is 3.00 bits per heavy atom. The number of hydrogen-bond donors (Lipinski definition) is 0. The van der Waals surface area contributed by atoms with E-state index in [1.807, 2.05) is 6.54 Å². The maximum Gasteiger partial charge on any atom is 0.298 e. The van der Waals surface area contributed by atoms with Crippen molar-refractivity contribution in [3.8, 4) is 12.3 Å². The topological polar surface area (TPSA) is 20.3 Å². The average Bonchev–Trinajstić information content (AvgIpc) is 2.37. The van der Waals surface area contributed by atoms with E-state index < -0.39 is 0 Å². The highest BCUT2D eigenvalue weighted by atomic mass is 16.2. The van der Waals surface area contributed by atoms with Crippen molar-refractivity contribution in [3.05, 3.63) is 6.54 Å². The van der Waals surface area contributed by atoms with Gasteiger partial charge in [-0.05, 0) is 18.8 Å². The Morgan fingerprint density at radius 2 is 2.56 bits per heavy atom. The fourth-order valence-electron chi connectivity index (χ4n) is 0.867. The molecule has 0 aliphatic carbocycles. The Labute approximate surface area is 54.8 Å².